The van der Waals surface area contributed by atoms with Crippen LogP contribution in [0.4, 0.5) is 14.4 Å². The largest absolute Gasteiger partial charge is 0.509 e. The molecule has 1 saturated heterocycles. The molecule has 57 heavy (non-hydrogen) atoms. The summed E-state index contributed by atoms with van der Waals surface area (Å²) in [7, 11) is -4.31. The van der Waals surface area contributed by atoms with Gasteiger partial charge in [-0.1, -0.05) is 60.7 Å². The Balaban J connectivity index is 1.53. The van der Waals surface area contributed by atoms with Crippen molar-refractivity contribution in [2.24, 2.45) is 0 Å². The molecule has 2 aromatic carbocycles. The summed E-state index contributed by atoms with van der Waals surface area (Å²) in [5.74, 6) is -1.80. The van der Waals surface area contributed by atoms with Crippen LogP contribution in [0.5, 0.6) is 0 Å². The first-order valence-corrected chi connectivity index (χ1v) is 19.4. The van der Waals surface area contributed by atoms with Gasteiger partial charge in [0.05, 0.1) is 26.4 Å². The smallest absolute Gasteiger partial charge is 0.480 e. The molecule has 0 aromatic heterocycles. The van der Waals surface area contributed by atoms with Gasteiger partial charge in [-0.25, -0.2) is 23.7 Å². The number of ether oxygens (including phenoxy) is 7. The van der Waals surface area contributed by atoms with Crippen molar-refractivity contribution in [3.63, 3.8) is 0 Å². The normalized spacial score (nSPS) is 19.7. The van der Waals surface area contributed by atoms with Gasteiger partial charge in [-0.05, 0) is 63.8 Å². The summed E-state index contributed by atoms with van der Waals surface area (Å²) in [5, 5.41) is 12.3. The Morgan fingerprint density at radius 3 is 1.81 bits per heavy atom. The Morgan fingerprint density at radius 2 is 1.32 bits per heavy atom. The third-order valence-electron chi connectivity index (χ3n) is 7.97. The second kappa shape index (κ2) is 19.6. The van der Waals surface area contributed by atoms with E-state index < -0.39 is 87.3 Å². The molecule has 312 valence electrons. The van der Waals surface area contributed by atoms with Crippen molar-refractivity contribution in [1.29, 1.82) is 0 Å². The van der Waals surface area contributed by atoms with E-state index in [0.717, 1.165) is 22.3 Å². The number of carbonyl (C=O) groups excluding carboxylic acids is 3. The highest BCUT2D eigenvalue weighted by Crippen LogP contribution is 2.50. The fourth-order valence-electron chi connectivity index (χ4n) is 5.71. The number of benzene rings is 2. The maximum atomic E-state index is 13.3. The highest BCUT2D eigenvalue weighted by atomic mass is 31.2. The molecule has 17 nitrogen and oxygen atoms in total. The topological polar surface area (TPSA) is 210 Å². The lowest BCUT2D eigenvalue weighted by atomic mass is 9.98. The van der Waals surface area contributed by atoms with E-state index in [4.69, 9.17) is 46.7 Å². The summed E-state index contributed by atoms with van der Waals surface area (Å²) < 4.78 is 68.3. The monoisotopic (exact) mass is 819 g/mol. The van der Waals surface area contributed by atoms with E-state index >= 15 is 0 Å². The summed E-state index contributed by atoms with van der Waals surface area (Å²) >= 11 is 0. The number of alkyl carbamates (subject to hydrolysis) is 1. The van der Waals surface area contributed by atoms with Crippen LogP contribution in [0.15, 0.2) is 73.8 Å². The number of hydrogen-bond donors (Lipinski definition) is 2. The van der Waals surface area contributed by atoms with E-state index in [1.54, 1.807) is 41.5 Å². The maximum absolute atomic E-state index is 13.3. The van der Waals surface area contributed by atoms with Gasteiger partial charge in [-0.3, -0.25) is 13.6 Å². The van der Waals surface area contributed by atoms with E-state index in [1.807, 2.05) is 48.5 Å². The van der Waals surface area contributed by atoms with Gasteiger partial charge in [0.1, 0.15) is 23.9 Å². The van der Waals surface area contributed by atoms with Crippen molar-refractivity contribution in [3.05, 3.63) is 85.0 Å². The molecular weight excluding hydrogens is 769 g/mol. The minimum Gasteiger partial charge on any atom is -0.480 e. The standard InChI is InChI=1S/C39H50NO16P/c1-9-19-49-57(46,50-20-10-2)51-23-30-31(53-36(44)55-38(3,4)5)32(54-37(45)56-39(6,7)8)34(52-30)47-22-29(33(41)42)40-35(43)48-21-28-26-17-13-11-15-24(26)25-16-12-14-18-27(25)28/h9-18,28-32,34H,1-2,19-23H2,3-8H3,(H,40,43)(H,41,42). The van der Waals surface area contributed by atoms with E-state index in [1.165, 1.54) is 12.2 Å². The number of carboxylic acids is 1. The third-order valence-corrected chi connectivity index (χ3v) is 9.37. The number of rotatable bonds is 18. The predicted molar refractivity (Wildman–Crippen MR) is 202 cm³/mol. The second-order valence-corrected chi connectivity index (χ2v) is 16.4. The van der Waals surface area contributed by atoms with Gasteiger partial charge in [0.2, 0.25) is 0 Å². The van der Waals surface area contributed by atoms with E-state index in [-0.39, 0.29) is 25.7 Å². The predicted octanol–water partition coefficient (Wildman–Crippen LogP) is 6.89. The lowest BCUT2D eigenvalue weighted by Crippen LogP contribution is -2.47. The zero-order valence-electron chi connectivity index (χ0n) is 32.7. The molecule has 0 saturated carbocycles. The number of aliphatic carboxylic acids is 1. The van der Waals surface area contributed by atoms with E-state index in [2.05, 4.69) is 18.5 Å². The molecule has 2 aliphatic rings. The minimum atomic E-state index is -4.31. The van der Waals surface area contributed by atoms with Gasteiger partial charge in [-0.2, -0.15) is 0 Å². The summed E-state index contributed by atoms with van der Waals surface area (Å²) in [4.78, 5) is 51.3. The van der Waals surface area contributed by atoms with Crippen molar-refractivity contribution in [2.75, 3.05) is 33.0 Å². The molecule has 5 unspecified atom stereocenters. The maximum Gasteiger partial charge on any atom is 0.509 e. The third kappa shape index (κ3) is 13.1. The number of amides is 1. The highest BCUT2D eigenvalue weighted by molar-refractivity contribution is 7.48. The Kier molecular flexibility index (Phi) is 15.4. The van der Waals surface area contributed by atoms with Crippen LogP contribution < -0.4 is 5.32 Å². The molecule has 0 spiro atoms. The van der Waals surface area contributed by atoms with Crippen LogP contribution in [-0.4, -0.2) is 104 Å². The number of fused-ring (bicyclic) bond motifs is 3. The summed E-state index contributed by atoms with van der Waals surface area (Å²) in [6.07, 6.45) is -7.26. The molecule has 0 bridgehead atoms. The molecule has 1 amide bonds. The highest BCUT2D eigenvalue weighted by Gasteiger charge is 2.53. The Morgan fingerprint density at radius 1 is 0.807 bits per heavy atom. The van der Waals surface area contributed by atoms with Gasteiger partial charge >= 0.3 is 32.2 Å². The van der Waals surface area contributed by atoms with E-state index in [9.17, 15) is 28.8 Å². The number of nitrogens with one attached hydrogen (secondary N) is 1. The summed E-state index contributed by atoms with van der Waals surface area (Å²) in [5.41, 5.74) is 1.87. The average Bonchev–Trinajstić information content (AvgIpc) is 3.62. The first-order valence-electron chi connectivity index (χ1n) is 18.0. The van der Waals surface area contributed by atoms with Crippen molar-refractivity contribution < 1.29 is 75.6 Å². The van der Waals surface area contributed by atoms with E-state index in [0.29, 0.717) is 0 Å². The molecule has 2 N–H and O–H groups in total. The molecule has 1 fully saturated rings. The molecule has 0 radical (unpaired) electrons. The van der Waals surface area contributed by atoms with Gasteiger partial charge in [0, 0.05) is 5.92 Å². The molecule has 1 aliphatic heterocycles. The number of carboxylic acid groups (broad SMARTS) is 1. The van der Waals surface area contributed by atoms with Crippen LogP contribution in [0.25, 0.3) is 11.1 Å². The quantitative estimate of drug-likeness (QED) is 0.0679. The molecule has 2 aromatic rings. The first-order chi connectivity index (χ1) is 26.8. The van der Waals surface area contributed by atoms with Crippen LogP contribution in [0, 0.1) is 0 Å². The fourth-order valence-corrected chi connectivity index (χ4v) is 6.84. The fraction of sp³-hybridized carbons (Fsp3) is 0.487. The van der Waals surface area contributed by atoms with Crippen LogP contribution >= 0.6 is 7.82 Å². The molecule has 5 atom stereocenters. The molecule has 1 heterocycles. The molecule has 4 rings (SSSR count). The van der Waals surface area contributed by atoms with Crippen LogP contribution in [0.2, 0.25) is 0 Å². The lowest BCUT2D eigenvalue weighted by Gasteiger charge is -2.27. The zero-order valence-corrected chi connectivity index (χ0v) is 33.6. The van der Waals surface area contributed by atoms with Gasteiger partial charge in [0.15, 0.2) is 24.5 Å². The van der Waals surface area contributed by atoms with Crippen molar-refractivity contribution >= 4 is 32.2 Å². The van der Waals surface area contributed by atoms with Gasteiger partial charge in [-0.15, -0.1) is 13.2 Å². The first kappa shape index (κ1) is 44.9. The van der Waals surface area contributed by atoms with Gasteiger partial charge < -0.3 is 43.6 Å². The number of hydrogen-bond acceptors (Lipinski definition) is 15. The van der Waals surface area contributed by atoms with Crippen LogP contribution in [0.3, 0.4) is 0 Å². The number of phosphoric acid groups is 1. The second-order valence-electron chi connectivity index (χ2n) is 14.7. The van der Waals surface area contributed by atoms with Crippen molar-refractivity contribution in [2.45, 2.75) is 89.3 Å². The number of phosphoric ester groups is 1. The lowest BCUT2D eigenvalue weighted by molar-refractivity contribution is -0.181. The Bertz CT molecular complexity index is 1740. The molecule has 1 aliphatic carbocycles. The SMILES string of the molecule is C=CCOP(=O)(OCC=C)OCC1OC(OCC(NC(=O)OCC2c3ccccc3-c3ccccc32)C(=O)O)C(OC(=O)OC(C)(C)C)C1OC(=O)OC(C)(C)C. The minimum absolute atomic E-state index is 0.0904. The summed E-state index contributed by atoms with van der Waals surface area (Å²) in [6, 6.07) is 13.7. The Labute approximate surface area is 331 Å². The van der Waals surface area contributed by atoms with Gasteiger partial charge in [0.25, 0.3) is 0 Å². The van der Waals surface area contributed by atoms with Crippen LogP contribution in [-0.2, 0) is 56.1 Å². The summed E-state index contributed by atoms with van der Waals surface area (Å²) in [6.45, 7) is 14.5. The average molecular weight is 820 g/mol. The zero-order chi connectivity index (χ0) is 42.0. The number of carbonyl (C=O) groups is 4. The molecule has 18 heteroatoms. The molecular formula is C39H50NO16P. The van der Waals surface area contributed by atoms with Crippen molar-refractivity contribution in [1.82, 2.24) is 5.32 Å². The van der Waals surface area contributed by atoms with Crippen LogP contribution in [0.1, 0.15) is 58.6 Å². The Hall–Kier alpha value is -4.77. The van der Waals surface area contributed by atoms with Crippen molar-refractivity contribution in [3.8, 4) is 11.1 Å².